The third-order valence-corrected chi connectivity index (χ3v) is 9.31. The molecule has 0 aliphatic heterocycles. The van der Waals surface area contributed by atoms with E-state index >= 15 is 0 Å². The number of rotatable bonds is 21. The highest BCUT2D eigenvalue weighted by atomic mass is 16.5. The van der Waals surface area contributed by atoms with Crippen molar-refractivity contribution >= 4 is 5.78 Å². The van der Waals surface area contributed by atoms with E-state index in [2.05, 4.69) is 46.8 Å². The van der Waals surface area contributed by atoms with E-state index in [1.165, 1.54) is 43.3 Å². The van der Waals surface area contributed by atoms with Gasteiger partial charge < -0.3 is 14.9 Å². The van der Waals surface area contributed by atoms with Gasteiger partial charge in [-0.15, -0.1) is 0 Å². The summed E-state index contributed by atoms with van der Waals surface area (Å²) >= 11 is 0. The summed E-state index contributed by atoms with van der Waals surface area (Å²) in [6.07, 6.45) is 18.9. The molecular weight excluding hydrogens is 484 g/mol. The van der Waals surface area contributed by atoms with Crippen LogP contribution >= 0.6 is 0 Å². The first-order valence-electron chi connectivity index (χ1n) is 16.3. The minimum Gasteiger partial charge on any atom is -0.390 e. The van der Waals surface area contributed by atoms with Crippen LogP contribution in [0.25, 0.3) is 0 Å². The Morgan fingerprint density at radius 2 is 1.74 bits per heavy atom. The number of allylic oxidation sites excluding steroid dienone is 2. The first-order valence-corrected chi connectivity index (χ1v) is 16.3. The number of aliphatic hydroxyl groups excluding tert-OH is 1. The number of ether oxygens (including phenoxy) is 1. The molecule has 7 unspecified atom stereocenters. The van der Waals surface area contributed by atoms with Crippen molar-refractivity contribution in [1.82, 2.24) is 0 Å². The SMILES string of the molecule is CCCCCCOC1C(CCC(C)CCC/C(C)=C/CCC(C)(O)CCCC(C)C(C)=O)=CC(O)C(C)C1C. The molecule has 0 aromatic carbocycles. The van der Waals surface area contributed by atoms with E-state index in [1.807, 2.05) is 13.8 Å². The highest BCUT2D eigenvalue weighted by Gasteiger charge is 2.34. The summed E-state index contributed by atoms with van der Waals surface area (Å²) in [6.45, 7) is 17.6. The molecule has 7 atom stereocenters. The van der Waals surface area contributed by atoms with E-state index in [1.54, 1.807) is 6.92 Å². The Bertz CT molecular complexity index is 737. The summed E-state index contributed by atoms with van der Waals surface area (Å²) in [5, 5.41) is 21.3. The number of aliphatic hydroxyl groups is 2. The van der Waals surface area contributed by atoms with Crippen LogP contribution in [0.2, 0.25) is 0 Å². The average Bonchev–Trinajstić information content (AvgIpc) is 2.86. The summed E-state index contributed by atoms with van der Waals surface area (Å²) in [5.41, 5.74) is 2.07. The van der Waals surface area contributed by atoms with E-state index in [0.29, 0.717) is 11.8 Å². The second-order valence-corrected chi connectivity index (χ2v) is 13.3. The van der Waals surface area contributed by atoms with Crippen LogP contribution in [0.1, 0.15) is 145 Å². The fourth-order valence-electron chi connectivity index (χ4n) is 5.75. The van der Waals surface area contributed by atoms with Gasteiger partial charge in [-0.1, -0.05) is 78.0 Å². The van der Waals surface area contributed by atoms with E-state index in [-0.39, 0.29) is 29.8 Å². The number of ketones is 1. The molecule has 0 heterocycles. The van der Waals surface area contributed by atoms with Crippen molar-refractivity contribution in [2.24, 2.45) is 23.7 Å². The molecule has 4 heteroatoms. The molecule has 0 bridgehead atoms. The van der Waals surface area contributed by atoms with Crippen LogP contribution in [0.3, 0.4) is 0 Å². The zero-order valence-electron chi connectivity index (χ0n) is 26.9. The molecule has 2 N–H and O–H groups in total. The predicted molar refractivity (Wildman–Crippen MR) is 166 cm³/mol. The van der Waals surface area contributed by atoms with Crippen molar-refractivity contribution in [3.05, 3.63) is 23.3 Å². The minimum atomic E-state index is -0.657. The minimum absolute atomic E-state index is 0.0960. The number of unbranched alkanes of at least 4 members (excludes halogenated alkanes) is 3. The van der Waals surface area contributed by atoms with Gasteiger partial charge in [0.2, 0.25) is 0 Å². The summed E-state index contributed by atoms with van der Waals surface area (Å²) in [4.78, 5) is 11.4. The molecule has 0 saturated carbocycles. The Morgan fingerprint density at radius 1 is 1.03 bits per heavy atom. The molecule has 4 nitrogen and oxygen atoms in total. The van der Waals surface area contributed by atoms with Gasteiger partial charge in [0.15, 0.2) is 0 Å². The molecule has 1 aliphatic carbocycles. The van der Waals surface area contributed by atoms with Crippen molar-refractivity contribution < 1.29 is 19.7 Å². The zero-order valence-corrected chi connectivity index (χ0v) is 26.9. The third-order valence-electron chi connectivity index (χ3n) is 9.31. The molecule has 0 fully saturated rings. The first-order chi connectivity index (χ1) is 18.4. The maximum Gasteiger partial charge on any atom is 0.132 e. The molecule has 0 amide bonds. The number of Topliss-reactive ketones (excluding diaryl/α,β-unsaturated/α-hetero) is 1. The summed E-state index contributed by atoms with van der Waals surface area (Å²) in [5.74, 6) is 1.57. The van der Waals surface area contributed by atoms with Gasteiger partial charge in [0.1, 0.15) is 5.78 Å². The van der Waals surface area contributed by atoms with E-state index in [4.69, 9.17) is 4.74 Å². The third kappa shape index (κ3) is 15.0. The summed E-state index contributed by atoms with van der Waals surface area (Å²) < 4.78 is 6.40. The Kier molecular flexibility index (Phi) is 17.8. The molecule has 39 heavy (non-hydrogen) atoms. The molecule has 0 aromatic heterocycles. The number of carbonyl (C=O) groups is 1. The Labute approximate surface area is 242 Å². The first kappa shape index (κ1) is 36.1. The lowest BCUT2D eigenvalue weighted by Gasteiger charge is -2.38. The maximum atomic E-state index is 11.4. The van der Waals surface area contributed by atoms with Crippen LogP contribution < -0.4 is 0 Å². The maximum absolute atomic E-state index is 11.4. The van der Waals surface area contributed by atoms with Gasteiger partial charge in [0, 0.05) is 12.5 Å². The fraction of sp³-hybridized carbons (Fsp3) is 0.857. The molecule has 228 valence electrons. The number of carbonyl (C=O) groups excluding carboxylic acids is 1. The van der Waals surface area contributed by atoms with Gasteiger partial charge in [-0.25, -0.2) is 0 Å². The summed E-state index contributed by atoms with van der Waals surface area (Å²) in [7, 11) is 0. The van der Waals surface area contributed by atoms with Crippen molar-refractivity contribution in [3.63, 3.8) is 0 Å². The normalized spacial score (nSPS) is 25.2. The van der Waals surface area contributed by atoms with Crippen molar-refractivity contribution in [1.29, 1.82) is 0 Å². The van der Waals surface area contributed by atoms with Crippen molar-refractivity contribution in [2.75, 3.05) is 6.61 Å². The zero-order chi connectivity index (χ0) is 29.4. The van der Waals surface area contributed by atoms with Gasteiger partial charge in [-0.05, 0) is 108 Å². The lowest BCUT2D eigenvalue weighted by molar-refractivity contribution is -0.120. The highest BCUT2D eigenvalue weighted by molar-refractivity contribution is 5.77. The Morgan fingerprint density at radius 3 is 2.41 bits per heavy atom. The van der Waals surface area contributed by atoms with Crippen molar-refractivity contribution in [3.8, 4) is 0 Å². The Balaban J connectivity index is 2.39. The molecule has 0 spiro atoms. The van der Waals surface area contributed by atoms with Crippen molar-refractivity contribution in [2.45, 2.75) is 163 Å². The molecule has 0 saturated heterocycles. The van der Waals surface area contributed by atoms with Crippen LogP contribution in [0.5, 0.6) is 0 Å². The lowest BCUT2D eigenvalue weighted by atomic mass is 9.76. The van der Waals surface area contributed by atoms with Gasteiger partial charge >= 0.3 is 0 Å². The van der Waals surface area contributed by atoms with Gasteiger partial charge in [0.05, 0.1) is 17.8 Å². The molecule has 1 rings (SSSR count). The van der Waals surface area contributed by atoms with Crippen LogP contribution in [-0.4, -0.2) is 40.4 Å². The molecule has 1 aliphatic rings. The molecule has 0 radical (unpaired) electrons. The van der Waals surface area contributed by atoms with Crippen LogP contribution in [0, 0.1) is 23.7 Å². The predicted octanol–water partition coefficient (Wildman–Crippen LogP) is 8.98. The largest absolute Gasteiger partial charge is 0.390 e. The van der Waals surface area contributed by atoms with Gasteiger partial charge in [-0.2, -0.15) is 0 Å². The van der Waals surface area contributed by atoms with Crippen LogP contribution in [-0.2, 0) is 9.53 Å². The summed E-state index contributed by atoms with van der Waals surface area (Å²) in [6, 6.07) is 0. The Hall–Kier alpha value is -0.970. The second-order valence-electron chi connectivity index (χ2n) is 13.3. The smallest absolute Gasteiger partial charge is 0.132 e. The van der Waals surface area contributed by atoms with Crippen LogP contribution in [0.15, 0.2) is 23.3 Å². The topological polar surface area (TPSA) is 66.8 Å². The van der Waals surface area contributed by atoms with Gasteiger partial charge in [-0.3, -0.25) is 4.79 Å². The molecule has 0 aromatic rings. The standard InChI is InChI=1S/C35H64O4/c1-9-10-11-12-24-39-34-30(6)29(5)33(37)25-32(34)21-20-27(3)17-13-16-26(2)18-14-22-35(8,38)23-15-19-28(4)31(7)36/h18,25,27-30,33-34,37-38H,9-17,19-24H2,1-8H3/b26-18+. The monoisotopic (exact) mass is 548 g/mol. The highest BCUT2D eigenvalue weighted by Crippen LogP contribution is 2.35. The number of hydrogen-bond acceptors (Lipinski definition) is 4. The fourth-order valence-corrected chi connectivity index (χ4v) is 5.75. The second kappa shape index (κ2) is 19.2. The van der Waals surface area contributed by atoms with E-state index < -0.39 is 5.60 Å². The van der Waals surface area contributed by atoms with Gasteiger partial charge in [0.25, 0.3) is 0 Å². The number of hydrogen-bond donors (Lipinski definition) is 2. The van der Waals surface area contributed by atoms with E-state index in [9.17, 15) is 15.0 Å². The lowest BCUT2D eigenvalue weighted by Crippen LogP contribution is -2.39. The average molecular weight is 549 g/mol. The quantitative estimate of drug-likeness (QED) is 0.111. The van der Waals surface area contributed by atoms with E-state index in [0.717, 1.165) is 64.4 Å². The molecular formula is C35H64O4. The van der Waals surface area contributed by atoms with Crippen LogP contribution in [0.4, 0.5) is 0 Å².